The zero-order chi connectivity index (χ0) is 22.1. The predicted octanol–water partition coefficient (Wildman–Crippen LogP) is 2.80. The lowest BCUT2D eigenvalue weighted by Gasteiger charge is -2.39. The van der Waals surface area contributed by atoms with Crippen LogP contribution < -0.4 is 5.32 Å². The normalized spacial score (nSPS) is 16.8. The predicted molar refractivity (Wildman–Crippen MR) is 114 cm³/mol. The molecular weight excluding hydrogens is 423 g/mol. The highest BCUT2D eigenvalue weighted by atomic mass is 35.5. The molecule has 162 valence electrons. The Morgan fingerprint density at radius 2 is 2.06 bits per heavy atom. The summed E-state index contributed by atoms with van der Waals surface area (Å²) in [6.07, 6.45) is -0.232. The number of carbonyl (C=O) groups is 2. The van der Waals surface area contributed by atoms with Crippen molar-refractivity contribution in [1.82, 2.24) is 20.0 Å². The molecular formula is C22H22ClFN4O3. The molecule has 1 fully saturated rings. The van der Waals surface area contributed by atoms with Gasteiger partial charge in [-0.3, -0.25) is 14.3 Å². The Hall–Kier alpha value is -2.97. The van der Waals surface area contributed by atoms with Crippen molar-refractivity contribution < 1.29 is 19.1 Å². The van der Waals surface area contributed by atoms with Gasteiger partial charge in [-0.15, -0.1) is 0 Å². The molecule has 2 aromatic carbocycles. The summed E-state index contributed by atoms with van der Waals surface area (Å²) in [5, 5.41) is 17.8. The second-order valence-electron chi connectivity index (χ2n) is 7.56. The van der Waals surface area contributed by atoms with Crippen LogP contribution in [0.2, 0.25) is 5.02 Å². The molecule has 2 amide bonds. The Morgan fingerprint density at radius 3 is 2.77 bits per heavy atom. The molecule has 31 heavy (non-hydrogen) atoms. The van der Waals surface area contributed by atoms with Gasteiger partial charge in [-0.2, -0.15) is 5.10 Å². The Kier molecular flexibility index (Phi) is 5.93. The Labute approximate surface area is 183 Å². The van der Waals surface area contributed by atoms with Gasteiger partial charge in [-0.05, 0) is 25.5 Å². The number of benzene rings is 2. The van der Waals surface area contributed by atoms with Crippen molar-refractivity contribution >= 4 is 34.3 Å². The molecule has 2 heterocycles. The van der Waals surface area contributed by atoms with Crippen molar-refractivity contribution in [3.05, 3.63) is 64.6 Å². The highest BCUT2D eigenvalue weighted by Gasteiger charge is 2.37. The standard InChI is InChI=1S/C22H22ClFN4O3/c1-13(29)21-15-6-2-3-8-17(15)28(26-21)12-19(30)27-10-9-18(27)22(31)25-11-14-5-4-7-16(23)20(14)24/h2-8,13,18,29H,9-12H2,1H3,(H,25,31)/t13?,18-/m0/s1. The number of nitrogens with one attached hydrogen (secondary N) is 1. The van der Waals surface area contributed by atoms with E-state index in [4.69, 9.17) is 11.6 Å². The monoisotopic (exact) mass is 444 g/mol. The van der Waals surface area contributed by atoms with Gasteiger partial charge in [0.1, 0.15) is 18.4 Å². The third-order valence-electron chi connectivity index (χ3n) is 5.49. The first-order valence-electron chi connectivity index (χ1n) is 10.0. The van der Waals surface area contributed by atoms with Gasteiger partial charge in [0.2, 0.25) is 11.8 Å². The first-order chi connectivity index (χ1) is 14.9. The quantitative estimate of drug-likeness (QED) is 0.612. The Morgan fingerprint density at radius 1 is 1.29 bits per heavy atom. The van der Waals surface area contributed by atoms with Crippen molar-refractivity contribution in [3.63, 3.8) is 0 Å². The largest absolute Gasteiger partial charge is 0.387 e. The summed E-state index contributed by atoms with van der Waals surface area (Å²) in [6.45, 7) is 2.04. The smallest absolute Gasteiger partial charge is 0.245 e. The van der Waals surface area contributed by atoms with Gasteiger partial charge in [0.25, 0.3) is 0 Å². The van der Waals surface area contributed by atoms with Crippen LogP contribution in [0.3, 0.4) is 0 Å². The second kappa shape index (κ2) is 8.64. The molecule has 1 aliphatic rings. The summed E-state index contributed by atoms with van der Waals surface area (Å²) in [4.78, 5) is 26.9. The lowest BCUT2D eigenvalue weighted by atomic mass is 10.0. The fourth-order valence-corrected chi connectivity index (χ4v) is 3.94. The topological polar surface area (TPSA) is 87.5 Å². The van der Waals surface area contributed by atoms with Crippen LogP contribution in [-0.2, 0) is 22.7 Å². The summed E-state index contributed by atoms with van der Waals surface area (Å²) in [6, 6.07) is 11.4. The number of rotatable bonds is 6. The zero-order valence-corrected chi connectivity index (χ0v) is 17.6. The number of nitrogens with zero attached hydrogens (tertiary/aromatic N) is 3. The molecule has 1 aromatic heterocycles. The van der Waals surface area contributed by atoms with Crippen molar-refractivity contribution in [2.45, 2.75) is 38.6 Å². The fraction of sp³-hybridized carbons (Fsp3) is 0.318. The highest BCUT2D eigenvalue weighted by Crippen LogP contribution is 2.25. The van der Waals surface area contributed by atoms with Gasteiger partial charge in [-0.1, -0.05) is 41.9 Å². The number of hydrogen-bond acceptors (Lipinski definition) is 4. The lowest BCUT2D eigenvalue weighted by molar-refractivity contribution is -0.148. The van der Waals surface area contributed by atoms with Crippen LogP contribution in [0.25, 0.3) is 10.9 Å². The second-order valence-corrected chi connectivity index (χ2v) is 7.97. The molecule has 0 aliphatic carbocycles. The van der Waals surface area contributed by atoms with E-state index in [0.29, 0.717) is 18.7 Å². The number of amides is 2. The number of halogens is 2. The number of carbonyl (C=O) groups excluding carboxylic acids is 2. The molecule has 0 saturated carbocycles. The van der Waals surface area contributed by atoms with E-state index < -0.39 is 18.0 Å². The van der Waals surface area contributed by atoms with E-state index in [1.807, 2.05) is 24.3 Å². The summed E-state index contributed by atoms with van der Waals surface area (Å²) < 4.78 is 15.6. The Bertz CT molecular complexity index is 1150. The van der Waals surface area contributed by atoms with Crippen LogP contribution in [-0.4, -0.2) is 44.2 Å². The molecule has 1 unspecified atom stereocenters. The summed E-state index contributed by atoms with van der Waals surface area (Å²) >= 11 is 5.77. The maximum atomic E-state index is 14.0. The van der Waals surface area contributed by atoms with Crippen LogP contribution in [0.1, 0.15) is 30.7 Å². The van der Waals surface area contributed by atoms with Crippen molar-refractivity contribution in [2.24, 2.45) is 0 Å². The first-order valence-corrected chi connectivity index (χ1v) is 10.4. The third-order valence-corrected chi connectivity index (χ3v) is 5.79. The minimum Gasteiger partial charge on any atom is -0.387 e. The summed E-state index contributed by atoms with van der Waals surface area (Å²) in [5.74, 6) is -1.15. The zero-order valence-electron chi connectivity index (χ0n) is 16.9. The van der Waals surface area contributed by atoms with Gasteiger partial charge in [0, 0.05) is 24.0 Å². The van der Waals surface area contributed by atoms with Crippen LogP contribution in [0.5, 0.6) is 0 Å². The van der Waals surface area contributed by atoms with Gasteiger partial charge in [0.15, 0.2) is 0 Å². The Balaban J connectivity index is 1.42. The summed E-state index contributed by atoms with van der Waals surface area (Å²) in [5.41, 5.74) is 1.53. The van der Waals surface area contributed by atoms with E-state index in [1.54, 1.807) is 23.7 Å². The van der Waals surface area contributed by atoms with E-state index in [1.165, 1.54) is 11.0 Å². The average Bonchev–Trinajstić information content (AvgIpc) is 3.07. The van der Waals surface area contributed by atoms with E-state index in [0.717, 1.165) is 10.9 Å². The average molecular weight is 445 g/mol. The SMILES string of the molecule is CC(O)c1nn(CC(=O)N2CC[C@H]2C(=O)NCc2cccc(Cl)c2F)c2ccccc12. The van der Waals surface area contributed by atoms with Gasteiger partial charge < -0.3 is 15.3 Å². The van der Waals surface area contributed by atoms with Crippen LogP contribution in [0.4, 0.5) is 4.39 Å². The minimum atomic E-state index is -0.768. The van der Waals surface area contributed by atoms with Gasteiger partial charge in [0.05, 0.1) is 22.3 Å². The van der Waals surface area contributed by atoms with E-state index >= 15 is 0 Å². The molecule has 4 rings (SSSR count). The molecule has 7 nitrogen and oxygen atoms in total. The summed E-state index contributed by atoms with van der Waals surface area (Å²) in [7, 11) is 0. The van der Waals surface area contributed by atoms with Gasteiger partial charge >= 0.3 is 0 Å². The molecule has 3 aromatic rings. The minimum absolute atomic E-state index is 0.00443. The van der Waals surface area contributed by atoms with Crippen molar-refractivity contribution in [3.8, 4) is 0 Å². The number of para-hydroxylation sites is 1. The maximum Gasteiger partial charge on any atom is 0.245 e. The first kappa shape index (κ1) is 21.3. The third kappa shape index (κ3) is 4.13. The van der Waals surface area contributed by atoms with Crippen LogP contribution in [0, 0.1) is 5.82 Å². The molecule has 1 aliphatic heterocycles. The number of aliphatic hydroxyl groups excluding tert-OH is 1. The highest BCUT2D eigenvalue weighted by molar-refractivity contribution is 6.30. The molecule has 2 N–H and O–H groups in total. The molecule has 0 spiro atoms. The molecule has 2 atom stereocenters. The van der Waals surface area contributed by atoms with Gasteiger partial charge in [-0.25, -0.2) is 4.39 Å². The molecule has 0 radical (unpaired) electrons. The number of aliphatic hydroxyl groups is 1. The molecule has 9 heteroatoms. The van der Waals surface area contributed by atoms with E-state index in [-0.39, 0.29) is 35.5 Å². The molecule has 1 saturated heterocycles. The molecule has 0 bridgehead atoms. The van der Waals surface area contributed by atoms with Crippen molar-refractivity contribution in [1.29, 1.82) is 0 Å². The van der Waals surface area contributed by atoms with E-state index in [9.17, 15) is 19.1 Å². The lowest BCUT2D eigenvalue weighted by Crippen LogP contribution is -2.58. The fourth-order valence-electron chi connectivity index (χ4n) is 3.74. The van der Waals surface area contributed by atoms with Crippen LogP contribution >= 0.6 is 11.6 Å². The maximum absolute atomic E-state index is 14.0. The number of likely N-dealkylation sites (tertiary alicyclic amines) is 1. The van der Waals surface area contributed by atoms with Crippen molar-refractivity contribution in [2.75, 3.05) is 6.54 Å². The number of aromatic nitrogens is 2. The van der Waals surface area contributed by atoms with E-state index in [2.05, 4.69) is 10.4 Å². The number of fused-ring (bicyclic) bond motifs is 1. The van der Waals surface area contributed by atoms with Crippen LogP contribution in [0.15, 0.2) is 42.5 Å². The number of hydrogen-bond donors (Lipinski definition) is 2.